The summed E-state index contributed by atoms with van der Waals surface area (Å²) < 4.78 is 0. The van der Waals surface area contributed by atoms with E-state index in [0.717, 1.165) is 12.3 Å². The Balaban J connectivity index is 3.25. The van der Waals surface area contributed by atoms with Crippen molar-refractivity contribution in [2.45, 2.75) is 55.4 Å². The van der Waals surface area contributed by atoms with Crippen LogP contribution < -0.4 is 0 Å². The van der Waals surface area contributed by atoms with E-state index in [4.69, 9.17) is 0 Å². The summed E-state index contributed by atoms with van der Waals surface area (Å²) in [6.45, 7) is 18.2. The molecular formula is C18H31NO. The van der Waals surface area contributed by atoms with E-state index >= 15 is 0 Å². The molecule has 1 N–H and O–H groups in total. The zero-order valence-electron chi connectivity index (χ0n) is 14.4. The van der Waals surface area contributed by atoms with Crippen molar-refractivity contribution < 1.29 is 5.11 Å². The van der Waals surface area contributed by atoms with Gasteiger partial charge in [0, 0.05) is 12.5 Å². The fraction of sp³-hybridized carbons (Fsp3) is 0.722. The van der Waals surface area contributed by atoms with Crippen LogP contribution in [-0.2, 0) is 0 Å². The van der Waals surface area contributed by atoms with Crippen molar-refractivity contribution in [2.24, 2.45) is 27.7 Å². The van der Waals surface area contributed by atoms with E-state index in [-0.39, 0.29) is 16.7 Å². The lowest BCUT2D eigenvalue weighted by Crippen LogP contribution is -2.32. The first-order chi connectivity index (χ1) is 8.93. The first-order valence-corrected chi connectivity index (χ1v) is 7.60. The minimum Gasteiger partial charge on any atom is -0.506 e. The molecule has 20 heavy (non-hydrogen) atoms. The summed E-state index contributed by atoms with van der Waals surface area (Å²) in [4.78, 5) is 4.68. The maximum absolute atomic E-state index is 10.4. The van der Waals surface area contributed by atoms with E-state index in [2.05, 4.69) is 66.5 Å². The maximum atomic E-state index is 10.4. The lowest BCUT2D eigenvalue weighted by atomic mass is 9.71. The van der Waals surface area contributed by atoms with Gasteiger partial charge >= 0.3 is 0 Å². The van der Waals surface area contributed by atoms with Crippen LogP contribution in [0.1, 0.15) is 55.4 Å². The Morgan fingerprint density at radius 3 is 2.10 bits per heavy atom. The monoisotopic (exact) mass is 277 g/mol. The molecule has 0 bridgehead atoms. The fourth-order valence-electron chi connectivity index (χ4n) is 2.27. The summed E-state index contributed by atoms with van der Waals surface area (Å²) in [7, 11) is 0. The van der Waals surface area contributed by atoms with E-state index in [1.165, 1.54) is 5.57 Å². The predicted octanol–water partition coefficient (Wildman–Crippen LogP) is 5.17. The van der Waals surface area contributed by atoms with Gasteiger partial charge in [0.1, 0.15) is 5.76 Å². The Labute approximate surface area is 124 Å². The number of hydrogen-bond donors (Lipinski definition) is 1. The summed E-state index contributed by atoms with van der Waals surface area (Å²) in [5, 5.41) is 10.4. The SMILES string of the molecule is CC(C)CN=C1C(O)=CC(C(C)(C)C)=CC1C(C)(C)C. The molecule has 0 amide bonds. The standard InChI is InChI=1S/C18H31NO/c1-12(2)11-19-16-14(18(6,7)8)9-13(10-15(16)20)17(3,4)5/h9-10,12,14,20H,11H2,1-8H3. The first kappa shape index (κ1) is 17.0. The van der Waals surface area contributed by atoms with Crippen LogP contribution in [0.25, 0.3) is 0 Å². The van der Waals surface area contributed by atoms with Crippen molar-refractivity contribution in [3.8, 4) is 0 Å². The van der Waals surface area contributed by atoms with E-state index in [1.54, 1.807) is 0 Å². The highest BCUT2D eigenvalue weighted by Crippen LogP contribution is 2.39. The highest BCUT2D eigenvalue weighted by atomic mass is 16.3. The van der Waals surface area contributed by atoms with Crippen LogP contribution in [0.15, 0.2) is 28.5 Å². The molecule has 1 rings (SSSR count). The van der Waals surface area contributed by atoms with E-state index < -0.39 is 0 Å². The topological polar surface area (TPSA) is 32.6 Å². The van der Waals surface area contributed by atoms with Gasteiger partial charge in [-0.1, -0.05) is 61.5 Å². The van der Waals surface area contributed by atoms with Gasteiger partial charge in [0.05, 0.1) is 5.71 Å². The summed E-state index contributed by atoms with van der Waals surface area (Å²) >= 11 is 0. The molecule has 1 aliphatic carbocycles. The van der Waals surface area contributed by atoms with Crippen LogP contribution in [0.4, 0.5) is 0 Å². The molecular weight excluding hydrogens is 246 g/mol. The predicted molar refractivity (Wildman–Crippen MR) is 88.3 cm³/mol. The Morgan fingerprint density at radius 1 is 1.15 bits per heavy atom. The second-order valence-corrected chi connectivity index (χ2v) is 8.37. The average Bonchev–Trinajstić information content (AvgIpc) is 2.23. The second kappa shape index (κ2) is 5.75. The number of aliphatic imine (C=N–C) groups is 1. The quantitative estimate of drug-likeness (QED) is 0.741. The average molecular weight is 277 g/mol. The highest BCUT2D eigenvalue weighted by Gasteiger charge is 2.34. The molecule has 2 nitrogen and oxygen atoms in total. The van der Waals surface area contributed by atoms with Gasteiger partial charge < -0.3 is 5.11 Å². The number of nitrogens with zero attached hydrogens (tertiary/aromatic N) is 1. The second-order valence-electron chi connectivity index (χ2n) is 8.37. The minimum absolute atomic E-state index is 0.0427. The third-order valence-corrected chi connectivity index (χ3v) is 3.62. The van der Waals surface area contributed by atoms with Gasteiger partial charge in [0.2, 0.25) is 0 Å². The molecule has 0 spiro atoms. The lowest BCUT2D eigenvalue weighted by Gasteiger charge is -2.35. The Kier molecular flexibility index (Phi) is 4.89. The van der Waals surface area contributed by atoms with Gasteiger partial charge in [-0.15, -0.1) is 0 Å². The van der Waals surface area contributed by atoms with Gasteiger partial charge in [-0.25, -0.2) is 0 Å². The normalized spacial score (nSPS) is 23.1. The van der Waals surface area contributed by atoms with Crippen molar-refractivity contribution in [3.05, 3.63) is 23.5 Å². The van der Waals surface area contributed by atoms with Gasteiger partial charge in [0.15, 0.2) is 0 Å². The largest absolute Gasteiger partial charge is 0.506 e. The zero-order chi connectivity index (χ0) is 15.7. The van der Waals surface area contributed by atoms with Gasteiger partial charge in [-0.3, -0.25) is 4.99 Å². The van der Waals surface area contributed by atoms with Gasteiger partial charge in [0.25, 0.3) is 0 Å². The summed E-state index contributed by atoms with van der Waals surface area (Å²) in [5.74, 6) is 1.02. The minimum atomic E-state index is 0.0427. The molecule has 0 aliphatic heterocycles. The third-order valence-electron chi connectivity index (χ3n) is 3.62. The maximum Gasteiger partial charge on any atom is 0.137 e. The van der Waals surface area contributed by atoms with Crippen molar-refractivity contribution >= 4 is 5.71 Å². The smallest absolute Gasteiger partial charge is 0.137 e. The number of rotatable bonds is 2. The molecule has 0 aromatic carbocycles. The number of allylic oxidation sites excluding steroid dienone is 4. The molecule has 0 saturated carbocycles. The van der Waals surface area contributed by atoms with Crippen molar-refractivity contribution in [1.29, 1.82) is 0 Å². The van der Waals surface area contributed by atoms with Crippen LogP contribution in [-0.4, -0.2) is 17.4 Å². The van der Waals surface area contributed by atoms with Crippen molar-refractivity contribution in [2.75, 3.05) is 6.54 Å². The number of aliphatic hydroxyl groups is 1. The summed E-state index contributed by atoms with van der Waals surface area (Å²) in [5.41, 5.74) is 2.13. The fourth-order valence-corrected chi connectivity index (χ4v) is 2.27. The molecule has 1 aliphatic rings. The third kappa shape index (κ3) is 4.22. The summed E-state index contributed by atoms with van der Waals surface area (Å²) in [6, 6.07) is 0. The van der Waals surface area contributed by atoms with Crippen LogP contribution in [0.5, 0.6) is 0 Å². The number of aliphatic hydroxyl groups excluding tert-OH is 1. The Morgan fingerprint density at radius 2 is 1.70 bits per heavy atom. The van der Waals surface area contributed by atoms with Crippen molar-refractivity contribution in [3.63, 3.8) is 0 Å². The Hall–Kier alpha value is -1.05. The molecule has 0 heterocycles. The van der Waals surface area contributed by atoms with E-state index in [1.807, 2.05) is 6.08 Å². The summed E-state index contributed by atoms with van der Waals surface area (Å²) in [6.07, 6.45) is 4.18. The highest BCUT2D eigenvalue weighted by molar-refractivity contribution is 6.03. The molecule has 0 fully saturated rings. The molecule has 0 aromatic heterocycles. The van der Waals surface area contributed by atoms with Crippen LogP contribution in [0.2, 0.25) is 0 Å². The first-order valence-electron chi connectivity index (χ1n) is 7.60. The van der Waals surface area contributed by atoms with Crippen molar-refractivity contribution in [1.82, 2.24) is 0 Å². The molecule has 2 heteroatoms. The molecule has 1 unspecified atom stereocenters. The van der Waals surface area contributed by atoms with Gasteiger partial charge in [-0.05, 0) is 28.4 Å². The zero-order valence-corrected chi connectivity index (χ0v) is 14.4. The van der Waals surface area contributed by atoms with E-state index in [9.17, 15) is 5.11 Å². The van der Waals surface area contributed by atoms with Crippen LogP contribution in [0.3, 0.4) is 0 Å². The molecule has 0 aromatic rings. The van der Waals surface area contributed by atoms with E-state index in [0.29, 0.717) is 11.7 Å². The Bertz CT molecular complexity index is 439. The molecule has 0 saturated heterocycles. The molecule has 0 radical (unpaired) electrons. The van der Waals surface area contributed by atoms with Gasteiger partial charge in [-0.2, -0.15) is 0 Å². The van der Waals surface area contributed by atoms with Crippen LogP contribution >= 0.6 is 0 Å². The lowest BCUT2D eigenvalue weighted by molar-refractivity contribution is 0.338. The molecule has 1 atom stereocenters. The molecule has 114 valence electrons. The number of hydrogen-bond acceptors (Lipinski definition) is 2. The van der Waals surface area contributed by atoms with Crippen LogP contribution in [0, 0.1) is 22.7 Å².